The van der Waals surface area contributed by atoms with Crippen molar-refractivity contribution in [1.82, 2.24) is 4.98 Å². The minimum absolute atomic E-state index is 0.0994. The lowest BCUT2D eigenvalue weighted by atomic mass is 10.1. The Balaban J connectivity index is 2.36. The summed E-state index contributed by atoms with van der Waals surface area (Å²) in [7, 11) is 0. The van der Waals surface area contributed by atoms with Gasteiger partial charge in [-0.1, -0.05) is 17.4 Å². The van der Waals surface area contributed by atoms with Crippen molar-refractivity contribution < 1.29 is 9.90 Å². The maximum atomic E-state index is 10.4. The smallest absolute Gasteiger partial charge is 0.322 e. The van der Waals surface area contributed by atoms with E-state index >= 15 is 0 Å². The highest BCUT2D eigenvalue weighted by molar-refractivity contribution is 7.22. The van der Waals surface area contributed by atoms with Gasteiger partial charge in [0.1, 0.15) is 6.54 Å². The Kier molecular flexibility index (Phi) is 2.78. The molecular formula is C11H12N2O2S. The van der Waals surface area contributed by atoms with Gasteiger partial charge in [-0.25, -0.2) is 4.98 Å². The first-order valence-electron chi connectivity index (χ1n) is 4.90. The lowest BCUT2D eigenvalue weighted by molar-refractivity contribution is -0.134. The molecule has 0 aliphatic heterocycles. The molecule has 0 fully saturated rings. The molecule has 0 aliphatic rings. The molecule has 4 nitrogen and oxygen atoms in total. The summed E-state index contributed by atoms with van der Waals surface area (Å²) in [5.74, 6) is -0.882. The molecule has 84 valence electrons. The van der Waals surface area contributed by atoms with Crippen LogP contribution in [0.15, 0.2) is 12.1 Å². The first-order chi connectivity index (χ1) is 7.56. The third kappa shape index (κ3) is 2.14. The van der Waals surface area contributed by atoms with E-state index < -0.39 is 5.97 Å². The molecule has 0 saturated heterocycles. The van der Waals surface area contributed by atoms with Gasteiger partial charge in [0, 0.05) is 0 Å². The number of hydrogen-bond acceptors (Lipinski definition) is 4. The molecule has 0 spiro atoms. The summed E-state index contributed by atoms with van der Waals surface area (Å²) in [6.07, 6.45) is 0. The van der Waals surface area contributed by atoms with Gasteiger partial charge in [0.25, 0.3) is 0 Å². The third-order valence-corrected chi connectivity index (χ3v) is 3.18. The minimum atomic E-state index is -0.882. The average Bonchev–Trinajstić information content (AvgIpc) is 2.57. The number of rotatable bonds is 3. The van der Waals surface area contributed by atoms with E-state index in [4.69, 9.17) is 5.11 Å². The number of anilines is 1. The van der Waals surface area contributed by atoms with Crippen molar-refractivity contribution in [2.75, 3.05) is 11.9 Å². The zero-order chi connectivity index (χ0) is 11.7. The molecule has 16 heavy (non-hydrogen) atoms. The van der Waals surface area contributed by atoms with Crippen molar-refractivity contribution in [2.24, 2.45) is 0 Å². The SMILES string of the molecule is Cc1cc(C)c2nc(NCC(=O)O)sc2c1. The molecule has 0 radical (unpaired) electrons. The van der Waals surface area contributed by atoms with E-state index in [2.05, 4.69) is 22.4 Å². The zero-order valence-corrected chi connectivity index (χ0v) is 9.89. The van der Waals surface area contributed by atoms with E-state index in [0.29, 0.717) is 5.13 Å². The standard InChI is InChI=1S/C11H12N2O2S/c1-6-3-7(2)10-8(4-6)16-11(13-10)12-5-9(14)15/h3-4H,5H2,1-2H3,(H,12,13)(H,14,15). The monoisotopic (exact) mass is 236 g/mol. The predicted molar refractivity (Wildman–Crippen MR) is 65.2 cm³/mol. The number of carboxylic acids is 1. The van der Waals surface area contributed by atoms with Crippen LogP contribution in [-0.2, 0) is 4.79 Å². The fraction of sp³-hybridized carbons (Fsp3) is 0.273. The van der Waals surface area contributed by atoms with E-state index in [1.807, 2.05) is 13.8 Å². The summed E-state index contributed by atoms with van der Waals surface area (Å²) >= 11 is 1.48. The molecule has 2 aromatic rings. The number of nitrogens with zero attached hydrogens (tertiary/aromatic N) is 1. The Labute approximate surface area is 96.9 Å². The lowest BCUT2D eigenvalue weighted by Crippen LogP contribution is -2.11. The Bertz CT molecular complexity index is 548. The summed E-state index contributed by atoms with van der Waals surface area (Å²) in [4.78, 5) is 14.8. The number of nitrogens with one attached hydrogen (secondary N) is 1. The molecule has 5 heteroatoms. The molecule has 2 N–H and O–H groups in total. The van der Waals surface area contributed by atoms with Crippen LogP contribution in [0.25, 0.3) is 10.2 Å². The number of aromatic nitrogens is 1. The van der Waals surface area contributed by atoms with Crippen molar-refractivity contribution in [3.05, 3.63) is 23.3 Å². The largest absolute Gasteiger partial charge is 0.480 e. The highest BCUT2D eigenvalue weighted by Gasteiger charge is 2.07. The molecular weight excluding hydrogens is 224 g/mol. The van der Waals surface area contributed by atoms with Gasteiger partial charge < -0.3 is 10.4 Å². The van der Waals surface area contributed by atoms with Gasteiger partial charge in [-0.15, -0.1) is 0 Å². The summed E-state index contributed by atoms with van der Waals surface area (Å²) in [5.41, 5.74) is 3.26. The van der Waals surface area contributed by atoms with E-state index in [1.165, 1.54) is 16.9 Å². The first-order valence-corrected chi connectivity index (χ1v) is 5.71. The predicted octanol–water partition coefficient (Wildman–Crippen LogP) is 2.41. The summed E-state index contributed by atoms with van der Waals surface area (Å²) in [6, 6.07) is 4.13. The minimum Gasteiger partial charge on any atom is -0.480 e. The van der Waals surface area contributed by atoms with Gasteiger partial charge in [-0.3, -0.25) is 4.79 Å². The van der Waals surface area contributed by atoms with E-state index in [1.54, 1.807) is 0 Å². The molecule has 2 rings (SSSR count). The molecule has 1 aromatic carbocycles. The quantitative estimate of drug-likeness (QED) is 0.859. The van der Waals surface area contributed by atoms with Crippen LogP contribution >= 0.6 is 11.3 Å². The van der Waals surface area contributed by atoms with Gasteiger partial charge in [0.2, 0.25) is 0 Å². The van der Waals surface area contributed by atoms with E-state index in [0.717, 1.165) is 15.8 Å². The van der Waals surface area contributed by atoms with Crippen molar-refractivity contribution in [3.8, 4) is 0 Å². The first kappa shape index (κ1) is 10.9. The topological polar surface area (TPSA) is 62.2 Å². The van der Waals surface area contributed by atoms with Gasteiger partial charge >= 0.3 is 5.97 Å². The Morgan fingerprint density at radius 1 is 1.50 bits per heavy atom. The second-order valence-corrected chi connectivity index (χ2v) is 4.73. The van der Waals surface area contributed by atoms with Crippen LogP contribution in [-0.4, -0.2) is 22.6 Å². The van der Waals surface area contributed by atoms with Crippen LogP contribution < -0.4 is 5.32 Å². The summed E-state index contributed by atoms with van der Waals surface area (Å²) in [5, 5.41) is 12.0. The van der Waals surface area contributed by atoms with E-state index in [9.17, 15) is 4.79 Å². The maximum Gasteiger partial charge on any atom is 0.322 e. The van der Waals surface area contributed by atoms with Crippen LogP contribution in [0.4, 0.5) is 5.13 Å². The van der Waals surface area contributed by atoms with Gasteiger partial charge in [0.15, 0.2) is 5.13 Å². The summed E-state index contributed by atoms with van der Waals surface area (Å²) in [6.45, 7) is 3.95. The van der Waals surface area contributed by atoms with Crippen molar-refractivity contribution in [1.29, 1.82) is 0 Å². The Morgan fingerprint density at radius 2 is 2.25 bits per heavy atom. The van der Waals surface area contributed by atoms with Crippen LogP contribution in [0.1, 0.15) is 11.1 Å². The molecule has 0 atom stereocenters. The van der Waals surface area contributed by atoms with Gasteiger partial charge in [-0.2, -0.15) is 0 Å². The molecule has 1 aromatic heterocycles. The van der Waals surface area contributed by atoms with Crippen molar-refractivity contribution in [2.45, 2.75) is 13.8 Å². The highest BCUT2D eigenvalue weighted by Crippen LogP contribution is 2.28. The second kappa shape index (κ2) is 4.09. The number of carbonyl (C=O) groups is 1. The number of aliphatic carboxylic acids is 1. The lowest BCUT2D eigenvalue weighted by Gasteiger charge is -1.96. The van der Waals surface area contributed by atoms with Gasteiger partial charge in [0.05, 0.1) is 10.2 Å². The number of thiazole rings is 1. The zero-order valence-electron chi connectivity index (χ0n) is 9.07. The summed E-state index contributed by atoms with van der Waals surface area (Å²) < 4.78 is 1.09. The van der Waals surface area contributed by atoms with Crippen LogP contribution in [0.2, 0.25) is 0 Å². The fourth-order valence-corrected chi connectivity index (χ4v) is 2.64. The number of fused-ring (bicyclic) bond motifs is 1. The van der Waals surface area contributed by atoms with Crippen molar-refractivity contribution in [3.63, 3.8) is 0 Å². The molecule has 1 heterocycles. The number of carboxylic acid groups (broad SMARTS) is 1. The van der Waals surface area contributed by atoms with E-state index in [-0.39, 0.29) is 6.54 Å². The van der Waals surface area contributed by atoms with Crippen LogP contribution in [0.3, 0.4) is 0 Å². The Morgan fingerprint density at radius 3 is 2.94 bits per heavy atom. The number of benzene rings is 1. The maximum absolute atomic E-state index is 10.4. The van der Waals surface area contributed by atoms with Crippen LogP contribution in [0, 0.1) is 13.8 Å². The fourth-order valence-electron chi connectivity index (χ4n) is 1.60. The normalized spacial score (nSPS) is 10.6. The molecule has 0 saturated carbocycles. The van der Waals surface area contributed by atoms with Gasteiger partial charge in [-0.05, 0) is 31.0 Å². The molecule has 0 amide bonds. The highest BCUT2D eigenvalue weighted by atomic mass is 32.1. The molecule has 0 bridgehead atoms. The third-order valence-electron chi connectivity index (χ3n) is 2.22. The average molecular weight is 236 g/mol. The molecule has 0 aliphatic carbocycles. The number of hydrogen-bond donors (Lipinski definition) is 2. The number of aryl methyl sites for hydroxylation is 2. The molecule has 0 unspecified atom stereocenters. The van der Waals surface area contributed by atoms with Crippen LogP contribution in [0.5, 0.6) is 0 Å². The van der Waals surface area contributed by atoms with Crippen molar-refractivity contribution >= 4 is 32.7 Å². The Hall–Kier alpha value is -1.62. The second-order valence-electron chi connectivity index (χ2n) is 3.69.